The van der Waals surface area contributed by atoms with Crippen molar-refractivity contribution in [1.82, 2.24) is 0 Å². The minimum absolute atomic E-state index is 0. The predicted octanol–water partition coefficient (Wildman–Crippen LogP) is -1.36. The molecule has 0 saturated carbocycles. The Morgan fingerprint density at radius 2 is 2.00 bits per heavy atom. The number of halogens is 2. The van der Waals surface area contributed by atoms with E-state index in [1.165, 1.54) is 19.2 Å². The summed E-state index contributed by atoms with van der Waals surface area (Å²) < 4.78 is 17.3. The first-order valence-electron chi connectivity index (χ1n) is 2.89. The van der Waals surface area contributed by atoms with Crippen LogP contribution in [0.15, 0.2) is 18.2 Å². The van der Waals surface area contributed by atoms with E-state index >= 15 is 0 Å². The van der Waals surface area contributed by atoms with E-state index in [-0.39, 0.29) is 45.9 Å². The molecule has 0 atom stereocenters. The molecule has 0 aliphatic heterocycles. The van der Waals surface area contributed by atoms with Crippen molar-refractivity contribution in [3.63, 3.8) is 0 Å². The van der Waals surface area contributed by atoms with Gasteiger partial charge < -0.3 is 21.7 Å². The van der Waals surface area contributed by atoms with Crippen LogP contribution in [-0.2, 0) is 0 Å². The normalized spacial score (nSPS) is 7.83. The van der Waals surface area contributed by atoms with Crippen LogP contribution in [0, 0.1) is 12.7 Å². The molecule has 0 fully saturated rings. The summed E-state index contributed by atoms with van der Waals surface area (Å²) in [6.45, 7) is 3.59. The second-order valence-corrected chi connectivity index (χ2v) is 1.96. The molecule has 0 radical (unpaired) electrons. The SMILES string of the molecule is [Br-].[CH2-]c1cc(F)ccc1OC.[Mg+2]. The molecule has 1 rings (SSSR count). The number of hydrogen-bond acceptors (Lipinski definition) is 1. The molecule has 4 heteroatoms. The van der Waals surface area contributed by atoms with E-state index in [1.807, 2.05) is 0 Å². The first-order chi connectivity index (χ1) is 4.74. The summed E-state index contributed by atoms with van der Waals surface area (Å²) >= 11 is 0. The van der Waals surface area contributed by atoms with Crippen LogP contribution in [0.1, 0.15) is 5.56 Å². The Morgan fingerprint density at radius 1 is 1.42 bits per heavy atom. The van der Waals surface area contributed by atoms with Gasteiger partial charge in [0.25, 0.3) is 0 Å². The van der Waals surface area contributed by atoms with Crippen molar-refractivity contribution in [2.45, 2.75) is 0 Å². The molecule has 0 heterocycles. The van der Waals surface area contributed by atoms with Gasteiger partial charge in [-0.3, -0.25) is 0 Å². The minimum Gasteiger partial charge on any atom is -1.00 e. The number of rotatable bonds is 1. The third-order valence-electron chi connectivity index (χ3n) is 1.24. The average molecular weight is 243 g/mol. The molecule has 0 aliphatic carbocycles. The fraction of sp³-hybridized carbons (Fsp3) is 0.125. The maximum atomic E-state index is 12.4. The van der Waals surface area contributed by atoms with Crippen molar-refractivity contribution < 1.29 is 26.1 Å². The number of benzene rings is 1. The molecule has 0 unspecified atom stereocenters. The monoisotopic (exact) mass is 242 g/mol. The predicted molar refractivity (Wildman–Crippen MR) is 43.2 cm³/mol. The molecule has 1 nitrogen and oxygen atoms in total. The molecule has 0 aliphatic rings. The Balaban J connectivity index is 0. The van der Waals surface area contributed by atoms with E-state index in [9.17, 15) is 4.39 Å². The summed E-state index contributed by atoms with van der Waals surface area (Å²) in [6.07, 6.45) is 0. The van der Waals surface area contributed by atoms with Crippen LogP contribution in [0.5, 0.6) is 5.75 Å². The second kappa shape index (κ2) is 6.57. The van der Waals surface area contributed by atoms with Gasteiger partial charge in [0.15, 0.2) is 0 Å². The van der Waals surface area contributed by atoms with Crippen LogP contribution in [0.3, 0.4) is 0 Å². The van der Waals surface area contributed by atoms with Gasteiger partial charge in [-0.1, -0.05) is 6.07 Å². The zero-order valence-corrected chi connectivity index (χ0v) is 9.81. The number of hydrogen-bond donors (Lipinski definition) is 0. The molecule has 0 N–H and O–H groups in total. The van der Waals surface area contributed by atoms with Gasteiger partial charge in [0.05, 0.1) is 12.9 Å². The van der Waals surface area contributed by atoms with Gasteiger partial charge in [-0.15, -0.1) is 6.07 Å². The van der Waals surface area contributed by atoms with Crippen molar-refractivity contribution in [2.75, 3.05) is 7.11 Å². The zero-order chi connectivity index (χ0) is 7.56. The molecule has 0 bridgehead atoms. The molecule has 0 spiro atoms. The third-order valence-corrected chi connectivity index (χ3v) is 1.24. The molecule has 0 saturated heterocycles. The van der Waals surface area contributed by atoms with Gasteiger partial charge in [-0.2, -0.15) is 12.5 Å². The first-order valence-corrected chi connectivity index (χ1v) is 2.89. The summed E-state index contributed by atoms with van der Waals surface area (Å²) in [6, 6.07) is 4.23. The molecule has 62 valence electrons. The summed E-state index contributed by atoms with van der Waals surface area (Å²) in [4.78, 5) is 0. The van der Waals surface area contributed by atoms with Crippen LogP contribution in [0.25, 0.3) is 0 Å². The Morgan fingerprint density at radius 3 is 2.42 bits per heavy atom. The molecule has 0 aromatic heterocycles. The smallest absolute Gasteiger partial charge is 1.00 e. The number of methoxy groups -OCH3 is 1. The fourth-order valence-corrected chi connectivity index (χ4v) is 0.747. The summed E-state index contributed by atoms with van der Waals surface area (Å²) in [5.74, 6) is 0.326. The summed E-state index contributed by atoms with van der Waals surface area (Å²) in [5, 5.41) is 0. The largest absolute Gasteiger partial charge is 2.00 e. The fourth-order valence-electron chi connectivity index (χ4n) is 0.747. The first kappa shape index (κ1) is 14.6. The van der Waals surface area contributed by atoms with E-state index in [0.29, 0.717) is 11.3 Å². The van der Waals surface area contributed by atoms with Crippen LogP contribution in [0.2, 0.25) is 0 Å². The summed E-state index contributed by atoms with van der Waals surface area (Å²) in [5.41, 5.74) is 0.572. The van der Waals surface area contributed by atoms with Crippen molar-refractivity contribution in [3.05, 3.63) is 36.5 Å². The van der Waals surface area contributed by atoms with Gasteiger partial charge in [-0.05, 0) is 6.07 Å². The topological polar surface area (TPSA) is 9.23 Å². The Bertz CT molecular complexity index is 242. The molecular weight excluding hydrogens is 235 g/mol. The van der Waals surface area contributed by atoms with Crippen molar-refractivity contribution in [3.8, 4) is 5.75 Å². The van der Waals surface area contributed by atoms with Gasteiger partial charge in [0, 0.05) is 5.75 Å². The van der Waals surface area contributed by atoms with E-state index in [2.05, 4.69) is 6.92 Å². The quantitative estimate of drug-likeness (QED) is 0.437. The van der Waals surface area contributed by atoms with Gasteiger partial charge >= 0.3 is 23.1 Å². The Kier molecular flexibility index (Phi) is 7.98. The molecule has 0 amide bonds. The Labute approximate surface area is 98.2 Å². The van der Waals surface area contributed by atoms with Crippen molar-refractivity contribution in [2.24, 2.45) is 0 Å². The van der Waals surface area contributed by atoms with Gasteiger partial charge in [0.2, 0.25) is 0 Å². The van der Waals surface area contributed by atoms with E-state index in [4.69, 9.17) is 4.74 Å². The summed E-state index contributed by atoms with van der Waals surface area (Å²) in [7, 11) is 1.53. The maximum absolute atomic E-state index is 12.4. The molecule has 1 aromatic rings. The maximum Gasteiger partial charge on any atom is 2.00 e. The van der Waals surface area contributed by atoms with E-state index < -0.39 is 0 Å². The van der Waals surface area contributed by atoms with E-state index in [1.54, 1.807) is 6.07 Å². The van der Waals surface area contributed by atoms with Crippen molar-refractivity contribution in [1.29, 1.82) is 0 Å². The van der Waals surface area contributed by atoms with E-state index in [0.717, 1.165) is 0 Å². The standard InChI is InChI=1S/C8H8FO.BrH.Mg/c1-6-5-7(9)3-4-8(6)10-2;;/h3-5H,1H2,2H3;1H;/q-1;;+2/p-1. The van der Waals surface area contributed by atoms with Crippen LogP contribution < -0.4 is 21.7 Å². The zero-order valence-electron chi connectivity index (χ0n) is 6.81. The average Bonchev–Trinajstić information content (AvgIpc) is 1.88. The van der Waals surface area contributed by atoms with Crippen LogP contribution in [-0.4, -0.2) is 30.2 Å². The van der Waals surface area contributed by atoms with Gasteiger partial charge in [0.1, 0.15) is 0 Å². The molecule has 12 heavy (non-hydrogen) atoms. The second-order valence-electron chi connectivity index (χ2n) is 1.96. The minimum atomic E-state index is -0.286. The third kappa shape index (κ3) is 3.65. The number of ether oxygens (including phenoxy) is 1. The van der Waals surface area contributed by atoms with Crippen LogP contribution in [0.4, 0.5) is 4.39 Å². The van der Waals surface area contributed by atoms with Crippen LogP contribution >= 0.6 is 0 Å². The van der Waals surface area contributed by atoms with Crippen molar-refractivity contribution >= 4 is 23.1 Å². The van der Waals surface area contributed by atoms with Gasteiger partial charge in [-0.25, -0.2) is 4.39 Å². The molecular formula is C8H8BrFMgO. The Hall–Kier alpha value is 0.0662. The molecule has 1 aromatic carbocycles.